The fourth-order valence-corrected chi connectivity index (χ4v) is 3.67. The molecule has 2 aromatic rings. The van der Waals surface area contributed by atoms with Crippen molar-refractivity contribution >= 4 is 23.4 Å². The maximum Gasteiger partial charge on any atom is 0.416 e. The number of benzene rings is 2. The summed E-state index contributed by atoms with van der Waals surface area (Å²) in [4.78, 5) is 37.8. The molecule has 8 nitrogen and oxygen atoms in total. The van der Waals surface area contributed by atoms with Crippen LogP contribution in [0.5, 0.6) is 0 Å². The fourth-order valence-electron chi connectivity index (χ4n) is 3.67. The predicted molar refractivity (Wildman–Crippen MR) is 140 cm³/mol. The van der Waals surface area contributed by atoms with Crippen molar-refractivity contribution in [1.29, 1.82) is 0 Å². The molecule has 0 bridgehead atoms. The molecule has 1 atom stereocenters. The lowest BCUT2D eigenvalue weighted by molar-refractivity contribution is -0.137. The second-order valence-electron chi connectivity index (χ2n) is 10.2. The lowest BCUT2D eigenvalue weighted by Gasteiger charge is -2.26. The summed E-state index contributed by atoms with van der Waals surface area (Å²) in [7, 11) is 0. The predicted octanol–water partition coefficient (Wildman–Crippen LogP) is 3.21. The van der Waals surface area contributed by atoms with Gasteiger partial charge in [-0.2, -0.15) is 13.2 Å². The normalized spacial score (nSPS) is 12.5. The van der Waals surface area contributed by atoms with Gasteiger partial charge in [0.15, 0.2) is 0 Å². The Morgan fingerprint density at radius 2 is 1.68 bits per heavy atom. The molecule has 0 saturated carbocycles. The van der Waals surface area contributed by atoms with E-state index < -0.39 is 53.2 Å². The second-order valence-corrected chi connectivity index (χ2v) is 10.2. The summed E-state index contributed by atoms with van der Waals surface area (Å²) in [6, 6.07) is 7.61. The Morgan fingerprint density at radius 1 is 1.00 bits per heavy atom. The van der Waals surface area contributed by atoms with Crippen molar-refractivity contribution in [2.45, 2.75) is 65.3 Å². The van der Waals surface area contributed by atoms with E-state index in [2.05, 4.69) is 27.3 Å². The van der Waals surface area contributed by atoms with Crippen molar-refractivity contribution in [3.8, 4) is 0 Å². The number of rotatable bonds is 10. The summed E-state index contributed by atoms with van der Waals surface area (Å²) in [5, 5.41) is 11.0. The third-order valence-corrected chi connectivity index (χ3v) is 5.61. The average molecular weight is 536 g/mol. The molecule has 38 heavy (non-hydrogen) atoms. The number of amides is 3. The molecule has 0 heterocycles. The SMILES string of the molecule is Cc1ccc(CNCCC(NC(=O)CNC(=O)c2cc(C(F)(F)F)ccc2N)C(=O)NC(C)(C)C)c(C)c1. The Bertz CT molecular complexity index is 1160. The number of anilines is 1. The van der Waals surface area contributed by atoms with Crippen molar-refractivity contribution in [2.75, 3.05) is 18.8 Å². The summed E-state index contributed by atoms with van der Waals surface area (Å²) in [6.45, 7) is 9.91. The van der Waals surface area contributed by atoms with Crippen molar-refractivity contribution < 1.29 is 27.6 Å². The van der Waals surface area contributed by atoms with Crippen LogP contribution in [0.2, 0.25) is 0 Å². The Morgan fingerprint density at radius 3 is 2.29 bits per heavy atom. The number of halogens is 3. The van der Waals surface area contributed by atoms with Crippen LogP contribution in [-0.4, -0.2) is 42.4 Å². The molecule has 0 spiro atoms. The number of carbonyl (C=O) groups excluding carboxylic acids is 3. The van der Waals surface area contributed by atoms with Gasteiger partial charge in [-0.1, -0.05) is 23.8 Å². The van der Waals surface area contributed by atoms with Gasteiger partial charge in [0.1, 0.15) is 6.04 Å². The van der Waals surface area contributed by atoms with Gasteiger partial charge in [-0.05, 0) is 76.9 Å². The molecule has 0 saturated heterocycles. The van der Waals surface area contributed by atoms with E-state index in [4.69, 9.17) is 5.73 Å². The molecule has 3 amide bonds. The molecular formula is C27H36F3N5O3. The number of nitrogens with two attached hydrogens (primary N) is 1. The second kappa shape index (κ2) is 12.8. The van der Waals surface area contributed by atoms with Crippen molar-refractivity contribution in [1.82, 2.24) is 21.3 Å². The fraction of sp³-hybridized carbons (Fsp3) is 0.444. The maximum absolute atomic E-state index is 13.0. The third kappa shape index (κ3) is 9.70. The van der Waals surface area contributed by atoms with E-state index in [0.29, 0.717) is 19.2 Å². The van der Waals surface area contributed by atoms with Gasteiger partial charge in [0.2, 0.25) is 11.8 Å². The molecule has 0 radical (unpaired) electrons. The minimum Gasteiger partial charge on any atom is -0.398 e. The highest BCUT2D eigenvalue weighted by Crippen LogP contribution is 2.31. The number of nitrogen functional groups attached to an aromatic ring is 1. The number of aryl methyl sites for hydroxylation is 2. The first-order valence-corrected chi connectivity index (χ1v) is 12.2. The molecular weight excluding hydrogens is 499 g/mol. The molecule has 208 valence electrons. The van der Waals surface area contributed by atoms with Gasteiger partial charge in [0, 0.05) is 17.8 Å². The first-order valence-electron chi connectivity index (χ1n) is 12.2. The zero-order valence-corrected chi connectivity index (χ0v) is 22.3. The van der Waals surface area contributed by atoms with Gasteiger partial charge < -0.3 is 27.0 Å². The van der Waals surface area contributed by atoms with Gasteiger partial charge in [-0.15, -0.1) is 0 Å². The Kier molecular flexibility index (Phi) is 10.3. The molecule has 0 aliphatic heterocycles. The summed E-state index contributed by atoms with van der Waals surface area (Å²) in [6.07, 6.45) is -4.38. The van der Waals surface area contributed by atoms with E-state index in [9.17, 15) is 27.6 Å². The molecule has 0 aromatic heterocycles. The van der Waals surface area contributed by atoms with Gasteiger partial charge in [-0.25, -0.2) is 0 Å². The molecule has 0 aliphatic carbocycles. The average Bonchev–Trinajstić information content (AvgIpc) is 2.79. The number of nitrogens with one attached hydrogen (secondary N) is 4. The van der Waals surface area contributed by atoms with Crippen LogP contribution >= 0.6 is 0 Å². The lowest BCUT2D eigenvalue weighted by Crippen LogP contribution is -2.54. The van der Waals surface area contributed by atoms with E-state index in [1.165, 1.54) is 0 Å². The molecule has 1 unspecified atom stereocenters. The molecule has 0 aliphatic rings. The zero-order chi connectivity index (χ0) is 28.7. The Labute approximate surface area is 220 Å². The standard InChI is InChI=1S/C27H36F3N5O3/c1-16-6-7-18(17(2)12-16)14-32-11-10-22(25(38)35-26(3,4)5)34-23(36)15-33-24(37)20-13-19(27(28,29)30)8-9-21(20)31/h6-9,12-13,22,32H,10-11,14-15,31H2,1-5H3,(H,33,37)(H,34,36)(H,35,38). The van der Waals surface area contributed by atoms with E-state index in [0.717, 1.165) is 28.8 Å². The van der Waals surface area contributed by atoms with Crippen LogP contribution in [0.1, 0.15) is 59.8 Å². The summed E-state index contributed by atoms with van der Waals surface area (Å²) < 4.78 is 39.0. The Balaban J connectivity index is 1.99. The number of hydrogen-bond donors (Lipinski definition) is 5. The quantitative estimate of drug-likeness (QED) is 0.236. The highest BCUT2D eigenvalue weighted by Gasteiger charge is 2.31. The molecule has 11 heteroatoms. The molecule has 0 fully saturated rings. The summed E-state index contributed by atoms with van der Waals surface area (Å²) in [5.74, 6) is -2.01. The van der Waals surface area contributed by atoms with Crippen LogP contribution in [0, 0.1) is 13.8 Å². The first kappa shape index (κ1) is 30.6. The molecule has 6 N–H and O–H groups in total. The van der Waals surface area contributed by atoms with Gasteiger partial charge in [0.25, 0.3) is 5.91 Å². The van der Waals surface area contributed by atoms with Crippen LogP contribution < -0.4 is 27.0 Å². The number of hydrogen-bond acceptors (Lipinski definition) is 5. The summed E-state index contributed by atoms with van der Waals surface area (Å²) >= 11 is 0. The summed E-state index contributed by atoms with van der Waals surface area (Å²) in [5.41, 5.74) is 6.95. The van der Waals surface area contributed by atoms with E-state index in [-0.39, 0.29) is 12.1 Å². The van der Waals surface area contributed by atoms with Gasteiger partial charge in [0.05, 0.1) is 17.7 Å². The third-order valence-electron chi connectivity index (χ3n) is 5.61. The van der Waals surface area contributed by atoms with Crippen LogP contribution in [-0.2, 0) is 22.3 Å². The van der Waals surface area contributed by atoms with E-state index in [1.54, 1.807) is 0 Å². The van der Waals surface area contributed by atoms with Crippen LogP contribution in [0.4, 0.5) is 18.9 Å². The zero-order valence-electron chi connectivity index (χ0n) is 22.3. The van der Waals surface area contributed by atoms with Crippen molar-refractivity contribution in [2.24, 2.45) is 0 Å². The number of carbonyl (C=O) groups is 3. The van der Waals surface area contributed by atoms with E-state index >= 15 is 0 Å². The van der Waals surface area contributed by atoms with Crippen LogP contribution in [0.25, 0.3) is 0 Å². The van der Waals surface area contributed by atoms with Gasteiger partial charge in [-0.3, -0.25) is 14.4 Å². The van der Waals surface area contributed by atoms with Crippen molar-refractivity contribution in [3.05, 3.63) is 64.2 Å². The van der Waals surface area contributed by atoms with Crippen LogP contribution in [0.15, 0.2) is 36.4 Å². The minimum absolute atomic E-state index is 0.159. The largest absolute Gasteiger partial charge is 0.416 e. The topological polar surface area (TPSA) is 125 Å². The highest BCUT2D eigenvalue weighted by atomic mass is 19.4. The maximum atomic E-state index is 13.0. The Hall–Kier alpha value is -3.60. The van der Waals surface area contributed by atoms with Crippen LogP contribution in [0.3, 0.4) is 0 Å². The lowest BCUT2D eigenvalue weighted by atomic mass is 10.1. The molecule has 2 aromatic carbocycles. The minimum atomic E-state index is -4.65. The van der Waals surface area contributed by atoms with Gasteiger partial charge >= 0.3 is 6.18 Å². The van der Waals surface area contributed by atoms with Crippen molar-refractivity contribution in [3.63, 3.8) is 0 Å². The number of alkyl halides is 3. The highest BCUT2D eigenvalue weighted by molar-refractivity contribution is 6.01. The molecule has 2 rings (SSSR count). The first-order chi connectivity index (χ1) is 17.6. The van der Waals surface area contributed by atoms with E-state index in [1.807, 2.05) is 46.8 Å². The monoisotopic (exact) mass is 535 g/mol. The smallest absolute Gasteiger partial charge is 0.398 e.